The van der Waals surface area contributed by atoms with E-state index in [0.717, 1.165) is 4.90 Å². The lowest BCUT2D eigenvalue weighted by atomic mass is 9.69. The van der Waals surface area contributed by atoms with Crippen LogP contribution in [0.15, 0.2) is 75.3 Å². The van der Waals surface area contributed by atoms with Gasteiger partial charge in [-0.1, -0.05) is 59.5 Å². The van der Waals surface area contributed by atoms with Gasteiger partial charge in [0.2, 0.25) is 29.0 Å². The van der Waals surface area contributed by atoms with E-state index in [1.807, 2.05) is 30.7 Å². The number of nitrogens with one attached hydrogen (secondary N) is 1. The molecule has 2 aliphatic rings. The molecule has 0 saturated heterocycles. The van der Waals surface area contributed by atoms with Gasteiger partial charge < -0.3 is 29.2 Å². The third kappa shape index (κ3) is 7.11. The zero-order valence-electron chi connectivity index (χ0n) is 29.5. The Kier molecular flexibility index (Phi) is 11.7. The van der Waals surface area contributed by atoms with E-state index >= 15 is 0 Å². The van der Waals surface area contributed by atoms with Gasteiger partial charge in [0.1, 0.15) is 28.1 Å². The minimum atomic E-state index is -2.01. The molecular weight excluding hydrogens is 761 g/mol. The molecule has 3 aromatic carbocycles. The van der Waals surface area contributed by atoms with Crippen molar-refractivity contribution in [3.8, 4) is 28.6 Å². The zero-order chi connectivity index (χ0) is 38.0. The summed E-state index contributed by atoms with van der Waals surface area (Å²) in [7, 11) is 2.80. The molecule has 53 heavy (non-hydrogen) atoms. The molecule has 4 unspecified atom stereocenters. The summed E-state index contributed by atoms with van der Waals surface area (Å²) in [5.41, 5.74) is -0.924. The van der Waals surface area contributed by atoms with Crippen LogP contribution in [0.5, 0.6) is 17.2 Å². The highest BCUT2D eigenvalue weighted by Crippen LogP contribution is 2.56. The summed E-state index contributed by atoms with van der Waals surface area (Å²) in [6, 6.07) is 15.2. The Bertz CT molecular complexity index is 2090. The van der Waals surface area contributed by atoms with Crippen molar-refractivity contribution < 1.29 is 38.2 Å². The zero-order valence-corrected chi connectivity index (χ0v) is 32.7. The minimum absolute atomic E-state index is 0.0190. The van der Waals surface area contributed by atoms with Gasteiger partial charge in [-0.25, -0.2) is 0 Å². The maximum atomic E-state index is 14.4. The predicted molar refractivity (Wildman–Crippen MR) is 205 cm³/mol. The molecule has 6 rings (SSSR count). The number of rotatable bonds is 13. The standard InChI is InChI=1S/C38H37Cl2N3O8S2/c1-19-16-26(44)30(34(46)38(19)35(47)31-27(48-2)18-28(49-3)32(40)33(31)50-38)23(20-10-12-21(53-5)13-11-20)17-29(45)41-25(14-15-52-4)37-42-36(43-51-37)22-8-6-7-9-24(22)39/h6-13,18-19,23,25,46H,14-17H2,1-5H3,(H,41,45). The monoisotopic (exact) mass is 797 g/mol. The Hall–Kier alpha value is -4.17. The molecule has 1 aromatic heterocycles. The van der Waals surface area contributed by atoms with Gasteiger partial charge in [0, 0.05) is 46.8 Å². The molecule has 2 heterocycles. The van der Waals surface area contributed by atoms with Gasteiger partial charge in [0.25, 0.3) is 0 Å². The van der Waals surface area contributed by atoms with Crippen LogP contribution in [-0.2, 0) is 9.59 Å². The van der Waals surface area contributed by atoms with Crippen molar-refractivity contribution >= 4 is 64.2 Å². The number of amides is 1. The predicted octanol–water partition coefficient (Wildman–Crippen LogP) is 8.30. The third-order valence-electron chi connectivity index (χ3n) is 9.57. The number of Topliss-reactive ketones (excluding diaryl/α,β-unsaturated/α-hetero) is 2. The number of halogens is 2. The van der Waals surface area contributed by atoms with E-state index in [4.69, 9.17) is 41.9 Å². The van der Waals surface area contributed by atoms with Crippen LogP contribution in [0.25, 0.3) is 11.4 Å². The average Bonchev–Trinajstić information content (AvgIpc) is 3.77. The van der Waals surface area contributed by atoms with Crippen LogP contribution >= 0.6 is 46.7 Å². The number of aliphatic hydroxyl groups is 1. The van der Waals surface area contributed by atoms with Crippen molar-refractivity contribution in [1.29, 1.82) is 0 Å². The molecule has 1 amide bonds. The van der Waals surface area contributed by atoms with E-state index < -0.39 is 46.7 Å². The maximum Gasteiger partial charge on any atom is 0.249 e. The number of aliphatic hydroxyl groups excluding tert-OH is 1. The Morgan fingerprint density at radius 3 is 2.47 bits per heavy atom. The molecule has 0 radical (unpaired) electrons. The van der Waals surface area contributed by atoms with Crippen LogP contribution in [0.2, 0.25) is 10.0 Å². The van der Waals surface area contributed by atoms with Crippen LogP contribution in [0.3, 0.4) is 0 Å². The van der Waals surface area contributed by atoms with Crippen molar-refractivity contribution in [2.75, 3.05) is 32.5 Å². The third-order valence-corrected chi connectivity index (χ3v) is 11.6. The van der Waals surface area contributed by atoms with Gasteiger partial charge in [0.05, 0.1) is 19.2 Å². The first kappa shape index (κ1) is 38.6. The second-order valence-corrected chi connectivity index (χ2v) is 15.3. The molecular formula is C38H37Cl2N3O8S2. The normalized spacial score (nSPS) is 19.2. The number of carbonyl (C=O) groups is 3. The van der Waals surface area contributed by atoms with Crippen molar-refractivity contribution in [3.63, 3.8) is 0 Å². The number of aromatic nitrogens is 2. The van der Waals surface area contributed by atoms with E-state index in [-0.39, 0.29) is 58.0 Å². The molecule has 2 N–H and O–H groups in total. The van der Waals surface area contributed by atoms with Gasteiger partial charge >= 0.3 is 0 Å². The fourth-order valence-corrected chi connectivity index (χ4v) is 8.19. The summed E-state index contributed by atoms with van der Waals surface area (Å²) in [4.78, 5) is 48.1. The Labute approximate surface area is 325 Å². The highest BCUT2D eigenvalue weighted by Gasteiger charge is 2.61. The fourth-order valence-electron chi connectivity index (χ4n) is 6.82. The lowest BCUT2D eigenvalue weighted by Crippen LogP contribution is -2.53. The summed E-state index contributed by atoms with van der Waals surface area (Å²) in [6.07, 6.45) is 3.92. The van der Waals surface area contributed by atoms with Crippen LogP contribution in [0.4, 0.5) is 0 Å². The first-order chi connectivity index (χ1) is 25.5. The molecule has 0 saturated carbocycles. The van der Waals surface area contributed by atoms with Gasteiger partial charge in [0.15, 0.2) is 17.3 Å². The second-order valence-electron chi connectivity index (χ2n) is 12.6. The largest absolute Gasteiger partial charge is 0.507 e. The number of benzene rings is 3. The van der Waals surface area contributed by atoms with Crippen LogP contribution < -0.4 is 19.5 Å². The number of fused-ring (bicyclic) bond motifs is 1. The van der Waals surface area contributed by atoms with E-state index in [9.17, 15) is 19.5 Å². The number of ketones is 2. The van der Waals surface area contributed by atoms with Gasteiger partial charge in [-0.2, -0.15) is 16.7 Å². The van der Waals surface area contributed by atoms with Gasteiger partial charge in [-0.3, -0.25) is 14.4 Å². The molecule has 4 atom stereocenters. The highest BCUT2D eigenvalue weighted by molar-refractivity contribution is 7.98. The van der Waals surface area contributed by atoms with E-state index in [0.29, 0.717) is 28.3 Å². The number of allylic oxidation sites excluding steroid dienone is 1. The van der Waals surface area contributed by atoms with Gasteiger partial charge in [-0.15, -0.1) is 11.8 Å². The smallest absolute Gasteiger partial charge is 0.249 e. The lowest BCUT2D eigenvalue weighted by Gasteiger charge is -2.38. The summed E-state index contributed by atoms with van der Waals surface area (Å²) in [5.74, 6) is -2.40. The number of hydrogen-bond acceptors (Lipinski definition) is 12. The molecule has 11 nitrogen and oxygen atoms in total. The topological polar surface area (TPSA) is 150 Å². The molecule has 1 aliphatic carbocycles. The number of hydrogen-bond donors (Lipinski definition) is 2. The first-order valence-electron chi connectivity index (χ1n) is 16.6. The molecule has 278 valence electrons. The molecule has 4 aromatic rings. The van der Waals surface area contributed by atoms with Crippen molar-refractivity contribution in [2.24, 2.45) is 5.92 Å². The number of ether oxygens (including phenoxy) is 3. The fraction of sp³-hybridized carbons (Fsp3) is 0.342. The SMILES string of the molecule is COc1cc(OC)c2c(c1Cl)OC1(C2=O)C(O)=C(C(CC(=O)NC(CCSC)c2nc(-c3ccccc3Cl)no2)c2ccc(SC)cc2)C(=O)CC1C. The Balaban J connectivity index is 1.40. The summed E-state index contributed by atoms with van der Waals surface area (Å²) in [6.45, 7) is 1.65. The molecule has 1 aliphatic heterocycles. The average molecular weight is 799 g/mol. The first-order valence-corrected chi connectivity index (χ1v) is 20.0. The number of carbonyl (C=O) groups excluding carboxylic acids is 3. The van der Waals surface area contributed by atoms with Crippen molar-refractivity contribution in [2.45, 2.75) is 48.6 Å². The molecule has 15 heteroatoms. The summed E-state index contributed by atoms with van der Waals surface area (Å²) >= 11 is 16.1. The molecule has 0 bridgehead atoms. The number of nitrogens with zero attached hydrogens (tertiary/aromatic N) is 2. The summed E-state index contributed by atoms with van der Waals surface area (Å²) in [5, 5.41) is 19.9. The van der Waals surface area contributed by atoms with E-state index in [1.165, 1.54) is 32.0 Å². The van der Waals surface area contributed by atoms with Crippen molar-refractivity contribution in [3.05, 3.63) is 93.0 Å². The summed E-state index contributed by atoms with van der Waals surface area (Å²) < 4.78 is 22.9. The quantitative estimate of drug-likeness (QED) is 0.125. The Morgan fingerprint density at radius 1 is 1.09 bits per heavy atom. The van der Waals surface area contributed by atoms with Gasteiger partial charge in [-0.05, 0) is 54.5 Å². The maximum absolute atomic E-state index is 14.4. The van der Waals surface area contributed by atoms with E-state index in [2.05, 4.69) is 15.5 Å². The lowest BCUT2D eigenvalue weighted by molar-refractivity contribution is -0.122. The molecule has 0 fully saturated rings. The second kappa shape index (κ2) is 16.1. The van der Waals surface area contributed by atoms with Crippen LogP contribution in [-0.4, -0.2) is 70.8 Å². The van der Waals surface area contributed by atoms with Crippen LogP contribution in [0.1, 0.15) is 60.0 Å². The minimum Gasteiger partial charge on any atom is -0.507 e. The number of methoxy groups -OCH3 is 2. The number of thioether (sulfide) groups is 2. The van der Waals surface area contributed by atoms with Crippen LogP contribution in [0, 0.1) is 5.92 Å². The molecule has 1 spiro atoms. The van der Waals surface area contributed by atoms with E-state index in [1.54, 1.807) is 49.0 Å². The highest BCUT2D eigenvalue weighted by atomic mass is 35.5. The Morgan fingerprint density at radius 2 is 1.81 bits per heavy atom. The van der Waals surface area contributed by atoms with Crippen molar-refractivity contribution in [1.82, 2.24) is 15.5 Å².